The summed E-state index contributed by atoms with van der Waals surface area (Å²) < 4.78 is 1.75. The number of nitrogens with one attached hydrogen (secondary N) is 1. The first kappa shape index (κ1) is 13.0. The quantitative estimate of drug-likeness (QED) is 0.761. The molecule has 3 N–H and O–H groups in total. The van der Waals surface area contributed by atoms with Crippen LogP contribution in [0.15, 0.2) is 37.1 Å². The van der Waals surface area contributed by atoms with E-state index in [1.54, 1.807) is 29.5 Å². The molecule has 21 heavy (non-hydrogen) atoms. The molecule has 0 amide bonds. The monoisotopic (exact) mass is 281 g/mol. The molecule has 0 radical (unpaired) electrons. The first-order valence-corrected chi connectivity index (χ1v) is 6.42. The molecule has 3 heterocycles. The third-order valence-electron chi connectivity index (χ3n) is 3.15. The molecule has 0 aromatic carbocycles. The highest BCUT2D eigenvalue weighted by Gasteiger charge is 2.10. The number of aromatic nitrogens is 5. The van der Waals surface area contributed by atoms with Crippen molar-refractivity contribution >= 4 is 17.5 Å². The van der Waals surface area contributed by atoms with Gasteiger partial charge in [-0.2, -0.15) is 5.10 Å². The number of nitrogens with two attached hydrogens (primary N) is 1. The Labute approximate surface area is 121 Å². The topological polar surface area (TPSA) is 94.5 Å². The van der Waals surface area contributed by atoms with Crippen LogP contribution in [0.1, 0.15) is 5.56 Å². The maximum atomic E-state index is 6.00. The average Bonchev–Trinajstić information content (AvgIpc) is 2.90. The largest absolute Gasteiger partial charge is 0.383 e. The minimum absolute atomic E-state index is 0.475. The molecule has 3 aromatic rings. The summed E-state index contributed by atoms with van der Waals surface area (Å²) in [6, 6.07) is 1.93. The van der Waals surface area contributed by atoms with E-state index in [0.29, 0.717) is 17.5 Å². The molecule has 0 spiro atoms. The van der Waals surface area contributed by atoms with Crippen molar-refractivity contribution in [3.63, 3.8) is 0 Å². The molecule has 0 atom stereocenters. The van der Waals surface area contributed by atoms with E-state index in [2.05, 4.69) is 25.4 Å². The normalized spacial score (nSPS) is 10.6. The number of anilines is 3. The number of nitrogens with zero attached hydrogens (tertiary/aromatic N) is 5. The Morgan fingerprint density at radius 1 is 1.19 bits per heavy atom. The molecule has 0 saturated carbocycles. The van der Waals surface area contributed by atoms with Gasteiger partial charge in [0.15, 0.2) is 0 Å². The van der Waals surface area contributed by atoms with E-state index >= 15 is 0 Å². The van der Waals surface area contributed by atoms with Gasteiger partial charge in [-0.25, -0.2) is 9.97 Å². The van der Waals surface area contributed by atoms with Crippen molar-refractivity contribution in [2.24, 2.45) is 7.05 Å². The fourth-order valence-electron chi connectivity index (χ4n) is 2.05. The third-order valence-corrected chi connectivity index (χ3v) is 3.15. The van der Waals surface area contributed by atoms with Crippen LogP contribution in [0.5, 0.6) is 0 Å². The van der Waals surface area contributed by atoms with Crippen molar-refractivity contribution in [1.82, 2.24) is 24.7 Å². The molecule has 3 rings (SSSR count). The second-order valence-corrected chi connectivity index (χ2v) is 4.68. The zero-order valence-electron chi connectivity index (χ0n) is 11.8. The summed E-state index contributed by atoms with van der Waals surface area (Å²) in [5, 5.41) is 7.29. The van der Waals surface area contributed by atoms with Crippen LogP contribution >= 0.6 is 0 Å². The highest BCUT2D eigenvalue weighted by molar-refractivity contribution is 5.74. The van der Waals surface area contributed by atoms with Gasteiger partial charge in [0.2, 0.25) is 0 Å². The molecule has 0 fully saturated rings. The Hall–Kier alpha value is -2.96. The zero-order chi connectivity index (χ0) is 14.8. The van der Waals surface area contributed by atoms with E-state index in [-0.39, 0.29) is 0 Å². The van der Waals surface area contributed by atoms with Gasteiger partial charge in [-0.1, -0.05) is 0 Å². The van der Waals surface area contributed by atoms with Crippen molar-refractivity contribution in [2.45, 2.75) is 6.92 Å². The highest BCUT2D eigenvalue weighted by Crippen LogP contribution is 2.29. The minimum Gasteiger partial charge on any atom is -0.383 e. The van der Waals surface area contributed by atoms with Gasteiger partial charge in [-0.15, -0.1) is 0 Å². The predicted octanol–water partition coefficient (Wildman–Crippen LogP) is 1.91. The summed E-state index contributed by atoms with van der Waals surface area (Å²) in [6.07, 6.45) is 8.59. The van der Waals surface area contributed by atoms with Crippen molar-refractivity contribution in [3.05, 3.63) is 42.6 Å². The van der Waals surface area contributed by atoms with E-state index in [4.69, 9.17) is 5.73 Å². The average molecular weight is 281 g/mol. The van der Waals surface area contributed by atoms with Gasteiger partial charge in [0, 0.05) is 31.2 Å². The van der Waals surface area contributed by atoms with E-state index in [0.717, 1.165) is 16.7 Å². The molecule has 0 aliphatic heterocycles. The van der Waals surface area contributed by atoms with Gasteiger partial charge in [0.05, 0.1) is 12.4 Å². The Bertz CT molecular complexity index is 764. The van der Waals surface area contributed by atoms with Crippen LogP contribution in [-0.4, -0.2) is 24.7 Å². The van der Waals surface area contributed by atoms with E-state index in [9.17, 15) is 0 Å². The Morgan fingerprint density at radius 3 is 2.71 bits per heavy atom. The Morgan fingerprint density at radius 2 is 2.05 bits per heavy atom. The second-order valence-electron chi connectivity index (χ2n) is 4.68. The van der Waals surface area contributed by atoms with Gasteiger partial charge >= 0.3 is 0 Å². The summed E-state index contributed by atoms with van der Waals surface area (Å²) in [7, 11) is 1.88. The lowest BCUT2D eigenvalue weighted by Crippen LogP contribution is -2.02. The standard InChI is InChI=1S/C14H15N7/c1-9-11(10-6-18-21(2)8-10)5-12(20-14(9)15)19-13-7-16-3-4-17-13/h3-8H,1-2H3,(H3,15,17,19,20). The van der Waals surface area contributed by atoms with Crippen LogP contribution in [-0.2, 0) is 7.05 Å². The Kier molecular flexibility index (Phi) is 3.23. The number of aryl methyl sites for hydroxylation is 1. The number of nitrogen functional groups attached to an aromatic ring is 1. The van der Waals surface area contributed by atoms with Crippen molar-refractivity contribution in [3.8, 4) is 11.1 Å². The van der Waals surface area contributed by atoms with Gasteiger partial charge in [-0.05, 0) is 24.1 Å². The van der Waals surface area contributed by atoms with Crippen molar-refractivity contribution < 1.29 is 0 Å². The van der Waals surface area contributed by atoms with Crippen molar-refractivity contribution in [2.75, 3.05) is 11.1 Å². The maximum Gasteiger partial charge on any atom is 0.150 e. The van der Waals surface area contributed by atoms with Gasteiger partial charge in [0.1, 0.15) is 17.5 Å². The lowest BCUT2D eigenvalue weighted by Gasteiger charge is -2.10. The summed E-state index contributed by atoms with van der Waals surface area (Å²) in [5.74, 6) is 1.71. The molecular weight excluding hydrogens is 266 g/mol. The molecule has 0 bridgehead atoms. The third kappa shape index (κ3) is 2.66. The molecule has 7 nitrogen and oxygen atoms in total. The van der Waals surface area contributed by atoms with E-state index in [1.165, 1.54) is 0 Å². The molecule has 106 valence electrons. The number of pyridine rings is 1. The maximum absolute atomic E-state index is 6.00. The molecular formula is C14H15N7. The number of rotatable bonds is 3. The van der Waals surface area contributed by atoms with Crippen LogP contribution in [0, 0.1) is 6.92 Å². The highest BCUT2D eigenvalue weighted by atomic mass is 15.2. The predicted molar refractivity (Wildman–Crippen MR) is 80.9 cm³/mol. The van der Waals surface area contributed by atoms with Crippen LogP contribution in [0.2, 0.25) is 0 Å². The number of hydrogen-bond donors (Lipinski definition) is 2. The first-order chi connectivity index (χ1) is 10.1. The molecule has 0 unspecified atom stereocenters. The zero-order valence-corrected chi connectivity index (χ0v) is 11.8. The summed E-state index contributed by atoms with van der Waals surface area (Å²) >= 11 is 0. The molecule has 0 aliphatic carbocycles. The molecule has 0 aliphatic rings. The first-order valence-electron chi connectivity index (χ1n) is 6.42. The van der Waals surface area contributed by atoms with Crippen LogP contribution in [0.3, 0.4) is 0 Å². The van der Waals surface area contributed by atoms with E-state index < -0.39 is 0 Å². The molecule has 3 aromatic heterocycles. The number of hydrogen-bond acceptors (Lipinski definition) is 6. The minimum atomic E-state index is 0.475. The molecule has 7 heteroatoms. The van der Waals surface area contributed by atoms with Gasteiger partial charge < -0.3 is 11.1 Å². The fourth-order valence-corrected chi connectivity index (χ4v) is 2.05. The lowest BCUT2D eigenvalue weighted by molar-refractivity contribution is 0.768. The van der Waals surface area contributed by atoms with Gasteiger partial charge in [-0.3, -0.25) is 9.67 Å². The SMILES string of the molecule is Cc1c(-c2cnn(C)c2)cc(Nc2cnccn2)nc1N. The van der Waals surface area contributed by atoms with Crippen LogP contribution in [0.4, 0.5) is 17.5 Å². The summed E-state index contributed by atoms with van der Waals surface area (Å²) in [5.41, 5.74) is 8.91. The Balaban J connectivity index is 2.01. The summed E-state index contributed by atoms with van der Waals surface area (Å²) in [6.45, 7) is 1.94. The lowest BCUT2D eigenvalue weighted by atomic mass is 10.1. The molecule has 0 saturated heterocycles. The van der Waals surface area contributed by atoms with Crippen molar-refractivity contribution in [1.29, 1.82) is 0 Å². The van der Waals surface area contributed by atoms with Crippen LogP contribution < -0.4 is 11.1 Å². The van der Waals surface area contributed by atoms with E-state index in [1.807, 2.05) is 26.2 Å². The fraction of sp³-hybridized carbons (Fsp3) is 0.143. The van der Waals surface area contributed by atoms with Gasteiger partial charge in [0.25, 0.3) is 0 Å². The van der Waals surface area contributed by atoms with Crippen LogP contribution in [0.25, 0.3) is 11.1 Å². The summed E-state index contributed by atoms with van der Waals surface area (Å²) in [4.78, 5) is 12.5. The second kappa shape index (κ2) is 5.20. The smallest absolute Gasteiger partial charge is 0.150 e.